The average molecular weight is 369 g/mol. The van der Waals surface area contributed by atoms with Crippen molar-refractivity contribution in [1.82, 2.24) is 4.90 Å². The van der Waals surface area contributed by atoms with Crippen LogP contribution in [0.4, 0.5) is 4.39 Å². The molecule has 0 radical (unpaired) electrons. The van der Waals surface area contributed by atoms with Gasteiger partial charge in [0.15, 0.2) is 5.78 Å². The van der Waals surface area contributed by atoms with E-state index in [9.17, 15) is 14.0 Å². The monoisotopic (exact) mass is 369 g/mol. The maximum Gasteiger partial charge on any atom is 0.257 e. The standard InChI is InChI=1S/C21H20FNO4/c1-13-3-2-4-14(5-13)11-26-17-9-23(10-17)21(25)18-7-15-6-16(24)12-27-20(15)8-19(18)22/h2-5,7-8,17H,6,9-12H2,1H3. The van der Waals surface area contributed by atoms with Crippen LogP contribution in [0.25, 0.3) is 0 Å². The zero-order chi connectivity index (χ0) is 19.0. The number of benzene rings is 2. The second-order valence-electron chi connectivity index (χ2n) is 7.08. The molecular weight excluding hydrogens is 349 g/mol. The fourth-order valence-electron chi connectivity index (χ4n) is 3.35. The number of ketones is 1. The molecule has 0 aromatic heterocycles. The Balaban J connectivity index is 1.36. The normalized spacial score (nSPS) is 16.5. The number of hydrogen-bond acceptors (Lipinski definition) is 4. The number of Topliss-reactive ketones (excluding diaryl/α,β-unsaturated/α-hetero) is 1. The van der Waals surface area contributed by atoms with Gasteiger partial charge in [-0.2, -0.15) is 0 Å². The van der Waals surface area contributed by atoms with Crippen LogP contribution in [0, 0.1) is 12.7 Å². The Morgan fingerprint density at radius 1 is 1.30 bits per heavy atom. The molecule has 5 nitrogen and oxygen atoms in total. The first-order valence-corrected chi connectivity index (χ1v) is 8.93. The first kappa shape index (κ1) is 17.7. The Morgan fingerprint density at radius 2 is 2.11 bits per heavy atom. The van der Waals surface area contributed by atoms with E-state index in [1.54, 1.807) is 4.90 Å². The average Bonchev–Trinajstić information content (AvgIpc) is 2.60. The van der Waals surface area contributed by atoms with E-state index in [0.717, 1.165) is 5.56 Å². The summed E-state index contributed by atoms with van der Waals surface area (Å²) in [6.45, 7) is 3.32. The maximum atomic E-state index is 14.3. The second-order valence-corrected chi connectivity index (χ2v) is 7.08. The Morgan fingerprint density at radius 3 is 2.89 bits per heavy atom. The summed E-state index contributed by atoms with van der Waals surface area (Å²) in [6.07, 6.45) is 0.109. The van der Waals surface area contributed by atoms with Crippen molar-refractivity contribution in [3.8, 4) is 5.75 Å². The Hall–Kier alpha value is -2.73. The highest BCUT2D eigenvalue weighted by Gasteiger charge is 2.34. The number of carbonyl (C=O) groups excluding carboxylic acids is 2. The van der Waals surface area contributed by atoms with Crippen LogP contribution in [-0.2, 0) is 22.6 Å². The minimum absolute atomic E-state index is 0.0239. The van der Waals surface area contributed by atoms with Crippen molar-refractivity contribution < 1.29 is 23.5 Å². The van der Waals surface area contributed by atoms with E-state index in [2.05, 4.69) is 6.07 Å². The molecule has 2 aromatic rings. The van der Waals surface area contributed by atoms with E-state index in [4.69, 9.17) is 9.47 Å². The summed E-state index contributed by atoms with van der Waals surface area (Å²) in [5, 5.41) is 0. The van der Waals surface area contributed by atoms with Gasteiger partial charge in [-0.05, 0) is 18.6 Å². The topological polar surface area (TPSA) is 55.8 Å². The summed E-state index contributed by atoms with van der Waals surface area (Å²) >= 11 is 0. The summed E-state index contributed by atoms with van der Waals surface area (Å²) < 4.78 is 25.3. The molecule has 27 heavy (non-hydrogen) atoms. The fraction of sp³-hybridized carbons (Fsp3) is 0.333. The summed E-state index contributed by atoms with van der Waals surface area (Å²) in [7, 11) is 0. The highest BCUT2D eigenvalue weighted by molar-refractivity contribution is 5.96. The smallest absolute Gasteiger partial charge is 0.257 e. The number of hydrogen-bond donors (Lipinski definition) is 0. The van der Waals surface area contributed by atoms with Crippen molar-refractivity contribution in [2.24, 2.45) is 0 Å². The number of rotatable bonds is 4. The molecule has 0 unspecified atom stereocenters. The number of nitrogens with zero attached hydrogens (tertiary/aromatic N) is 1. The van der Waals surface area contributed by atoms with Crippen LogP contribution in [0.2, 0.25) is 0 Å². The third kappa shape index (κ3) is 3.71. The van der Waals surface area contributed by atoms with E-state index < -0.39 is 5.82 Å². The van der Waals surface area contributed by atoms with E-state index in [1.807, 2.05) is 25.1 Å². The summed E-state index contributed by atoms with van der Waals surface area (Å²) in [6, 6.07) is 10.7. The Labute approximate surface area is 156 Å². The van der Waals surface area contributed by atoms with Gasteiger partial charge < -0.3 is 14.4 Å². The summed E-state index contributed by atoms with van der Waals surface area (Å²) in [5.74, 6) is -0.756. The molecule has 2 aliphatic heterocycles. The van der Waals surface area contributed by atoms with Crippen LogP contribution >= 0.6 is 0 Å². The molecule has 2 aromatic carbocycles. The minimum Gasteiger partial charge on any atom is -0.485 e. The fourth-order valence-corrected chi connectivity index (χ4v) is 3.35. The van der Waals surface area contributed by atoms with Gasteiger partial charge in [-0.25, -0.2) is 4.39 Å². The van der Waals surface area contributed by atoms with Gasteiger partial charge in [-0.15, -0.1) is 0 Å². The lowest BCUT2D eigenvalue weighted by atomic mass is 10.0. The van der Waals surface area contributed by atoms with Crippen molar-refractivity contribution in [2.45, 2.75) is 26.1 Å². The number of ether oxygens (including phenoxy) is 2. The largest absolute Gasteiger partial charge is 0.485 e. The van der Waals surface area contributed by atoms with Crippen molar-refractivity contribution in [3.05, 3.63) is 64.5 Å². The van der Waals surface area contributed by atoms with Gasteiger partial charge in [0.1, 0.15) is 18.2 Å². The van der Waals surface area contributed by atoms with Gasteiger partial charge >= 0.3 is 0 Å². The van der Waals surface area contributed by atoms with Gasteiger partial charge in [0, 0.05) is 31.1 Å². The lowest BCUT2D eigenvalue weighted by Gasteiger charge is -2.39. The molecule has 0 N–H and O–H groups in total. The van der Waals surface area contributed by atoms with Gasteiger partial charge in [-0.3, -0.25) is 9.59 Å². The van der Waals surface area contributed by atoms with E-state index in [-0.39, 0.29) is 36.4 Å². The van der Waals surface area contributed by atoms with Gasteiger partial charge in [0.2, 0.25) is 0 Å². The molecule has 1 fully saturated rings. The van der Waals surface area contributed by atoms with Crippen molar-refractivity contribution in [3.63, 3.8) is 0 Å². The summed E-state index contributed by atoms with van der Waals surface area (Å²) in [5.41, 5.74) is 2.80. The molecule has 0 spiro atoms. The molecule has 0 saturated carbocycles. The third-order valence-corrected chi connectivity index (χ3v) is 4.86. The molecule has 1 saturated heterocycles. The predicted octanol–water partition coefficient (Wildman–Crippen LogP) is 2.68. The van der Waals surface area contributed by atoms with E-state index >= 15 is 0 Å². The first-order chi connectivity index (χ1) is 13.0. The first-order valence-electron chi connectivity index (χ1n) is 8.93. The number of aryl methyl sites for hydroxylation is 1. The van der Waals surface area contributed by atoms with Crippen LogP contribution in [0.3, 0.4) is 0 Å². The van der Waals surface area contributed by atoms with Crippen LogP contribution in [-0.4, -0.2) is 42.4 Å². The highest BCUT2D eigenvalue weighted by atomic mass is 19.1. The SMILES string of the molecule is Cc1cccc(COC2CN(C(=O)c3cc4c(cc3F)OCC(=O)C4)C2)c1. The number of carbonyl (C=O) groups is 2. The molecule has 0 atom stereocenters. The van der Waals surface area contributed by atoms with Gasteiger partial charge in [0.05, 0.1) is 18.3 Å². The van der Waals surface area contributed by atoms with Crippen LogP contribution < -0.4 is 4.74 Å². The number of fused-ring (bicyclic) bond motifs is 1. The molecule has 1 amide bonds. The Bertz CT molecular complexity index is 905. The number of halogens is 1. The lowest BCUT2D eigenvalue weighted by molar-refractivity contribution is -0.121. The van der Waals surface area contributed by atoms with Crippen molar-refractivity contribution in [2.75, 3.05) is 19.7 Å². The zero-order valence-electron chi connectivity index (χ0n) is 15.0. The second kappa shape index (κ2) is 7.12. The van der Waals surface area contributed by atoms with Gasteiger partial charge in [-0.1, -0.05) is 29.8 Å². The van der Waals surface area contributed by atoms with E-state index in [1.165, 1.54) is 17.7 Å². The lowest BCUT2D eigenvalue weighted by Crippen LogP contribution is -2.54. The number of likely N-dealkylation sites (tertiary alicyclic amines) is 1. The molecular formula is C21H20FNO4. The van der Waals surface area contributed by atoms with E-state index in [0.29, 0.717) is 31.0 Å². The van der Waals surface area contributed by atoms with Gasteiger partial charge in [0.25, 0.3) is 5.91 Å². The molecule has 6 heteroatoms. The highest BCUT2D eigenvalue weighted by Crippen LogP contribution is 2.28. The van der Waals surface area contributed by atoms with Crippen LogP contribution in [0.1, 0.15) is 27.0 Å². The maximum absolute atomic E-state index is 14.3. The van der Waals surface area contributed by atoms with Crippen LogP contribution in [0.5, 0.6) is 5.75 Å². The quantitative estimate of drug-likeness (QED) is 0.832. The molecule has 2 heterocycles. The predicted molar refractivity (Wildman–Crippen MR) is 96.3 cm³/mol. The summed E-state index contributed by atoms with van der Waals surface area (Å²) in [4.78, 5) is 25.7. The molecule has 140 valence electrons. The number of amides is 1. The Kier molecular flexibility index (Phi) is 4.66. The molecule has 0 bridgehead atoms. The van der Waals surface area contributed by atoms with Crippen molar-refractivity contribution in [1.29, 1.82) is 0 Å². The molecule has 0 aliphatic carbocycles. The third-order valence-electron chi connectivity index (χ3n) is 4.86. The van der Waals surface area contributed by atoms with Crippen molar-refractivity contribution >= 4 is 11.7 Å². The minimum atomic E-state index is -0.628. The molecule has 2 aliphatic rings. The van der Waals surface area contributed by atoms with Crippen LogP contribution in [0.15, 0.2) is 36.4 Å². The zero-order valence-corrected chi connectivity index (χ0v) is 15.0. The molecule has 4 rings (SSSR count).